The Morgan fingerprint density at radius 2 is 1.96 bits per heavy atom. The van der Waals surface area contributed by atoms with Crippen molar-refractivity contribution in [2.75, 3.05) is 19.6 Å². The van der Waals surface area contributed by atoms with Crippen LogP contribution < -0.4 is 5.32 Å². The Balaban J connectivity index is 1.54. The van der Waals surface area contributed by atoms with Crippen LogP contribution in [0.4, 0.5) is 4.79 Å². The van der Waals surface area contributed by atoms with Gasteiger partial charge in [0.05, 0.1) is 0 Å². The van der Waals surface area contributed by atoms with Gasteiger partial charge < -0.3 is 15.0 Å². The van der Waals surface area contributed by atoms with E-state index in [0.29, 0.717) is 6.04 Å². The number of amides is 1. The van der Waals surface area contributed by atoms with E-state index in [1.807, 2.05) is 25.7 Å². The molecule has 4 heteroatoms. The van der Waals surface area contributed by atoms with Gasteiger partial charge in [0.25, 0.3) is 0 Å². The van der Waals surface area contributed by atoms with Crippen LogP contribution >= 0.6 is 0 Å². The zero-order chi connectivity index (χ0) is 17.7. The smallest absolute Gasteiger partial charge is 0.410 e. The minimum absolute atomic E-state index is 0.160. The van der Waals surface area contributed by atoms with Gasteiger partial charge in [-0.25, -0.2) is 4.79 Å². The second-order valence-corrected chi connectivity index (χ2v) is 9.02. The quantitative estimate of drug-likeness (QED) is 0.774. The Labute approximate surface area is 150 Å². The first kappa shape index (κ1) is 16.9. The van der Waals surface area contributed by atoms with Crippen LogP contribution in [-0.4, -0.2) is 36.2 Å². The van der Waals surface area contributed by atoms with Crippen LogP contribution in [0.15, 0.2) is 24.3 Å². The van der Waals surface area contributed by atoms with E-state index in [9.17, 15) is 4.79 Å². The highest BCUT2D eigenvalue weighted by molar-refractivity contribution is 5.68. The normalized spacial score (nSPS) is 27.7. The third-order valence-electron chi connectivity index (χ3n) is 6.24. The van der Waals surface area contributed by atoms with Crippen molar-refractivity contribution < 1.29 is 9.53 Å². The number of hydrogen-bond donors (Lipinski definition) is 1. The zero-order valence-corrected chi connectivity index (χ0v) is 15.7. The number of hydrogen-bond acceptors (Lipinski definition) is 3. The van der Waals surface area contributed by atoms with E-state index in [4.69, 9.17) is 4.74 Å². The molecule has 2 aliphatic heterocycles. The molecule has 1 aromatic carbocycles. The first-order chi connectivity index (χ1) is 11.9. The summed E-state index contributed by atoms with van der Waals surface area (Å²) in [6.07, 6.45) is 4.46. The van der Waals surface area contributed by atoms with Crippen molar-refractivity contribution in [3.8, 4) is 0 Å². The van der Waals surface area contributed by atoms with Crippen molar-refractivity contribution in [3.05, 3.63) is 35.4 Å². The lowest BCUT2D eigenvalue weighted by Crippen LogP contribution is -2.49. The topological polar surface area (TPSA) is 41.6 Å². The molecule has 0 unspecified atom stereocenters. The fourth-order valence-corrected chi connectivity index (χ4v) is 5.12. The summed E-state index contributed by atoms with van der Waals surface area (Å²) in [4.78, 5) is 14.3. The highest BCUT2D eigenvalue weighted by atomic mass is 16.6. The molecular formula is C21H30N2O2. The van der Waals surface area contributed by atoms with Gasteiger partial charge in [0.2, 0.25) is 0 Å². The van der Waals surface area contributed by atoms with Gasteiger partial charge >= 0.3 is 6.09 Å². The van der Waals surface area contributed by atoms with E-state index < -0.39 is 5.60 Å². The van der Waals surface area contributed by atoms with E-state index in [-0.39, 0.29) is 11.5 Å². The molecule has 2 atom stereocenters. The van der Waals surface area contributed by atoms with Gasteiger partial charge in [0, 0.05) is 19.1 Å². The third-order valence-corrected chi connectivity index (χ3v) is 6.24. The molecular weight excluding hydrogens is 312 g/mol. The third kappa shape index (κ3) is 3.05. The van der Waals surface area contributed by atoms with Crippen LogP contribution in [0, 0.1) is 5.92 Å². The number of rotatable bonds is 0. The SMILES string of the molecule is CC(C)(C)OC(=O)N1CCC2(CC1)C[C@@H]1CCN[C@@H]1c1ccccc12. The lowest BCUT2D eigenvalue weighted by atomic mass is 9.60. The van der Waals surface area contributed by atoms with E-state index >= 15 is 0 Å². The van der Waals surface area contributed by atoms with E-state index in [1.165, 1.54) is 24.0 Å². The van der Waals surface area contributed by atoms with Gasteiger partial charge in [-0.2, -0.15) is 0 Å². The lowest BCUT2D eigenvalue weighted by Gasteiger charge is -2.48. The van der Waals surface area contributed by atoms with Crippen LogP contribution in [0.2, 0.25) is 0 Å². The molecule has 1 aliphatic carbocycles. The number of likely N-dealkylation sites (tertiary alicyclic amines) is 1. The molecule has 0 radical (unpaired) electrons. The maximum absolute atomic E-state index is 12.4. The standard InChI is InChI=1S/C21H30N2O2/c1-20(2,3)25-19(24)23-12-9-21(10-13-23)14-15-8-11-22-18(15)16-6-4-5-7-17(16)21/h4-7,15,18,22H,8-14H2,1-3H3/t15-,18-/m0/s1. The Morgan fingerprint density at radius 3 is 2.68 bits per heavy atom. The summed E-state index contributed by atoms with van der Waals surface area (Å²) in [6, 6.07) is 9.52. The Kier molecular flexibility index (Phi) is 4.06. The number of fused-ring (bicyclic) bond motifs is 4. The van der Waals surface area contributed by atoms with Gasteiger partial charge in [-0.15, -0.1) is 0 Å². The van der Waals surface area contributed by atoms with Crippen molar-refractivity contribution in [2.45, 2.75) is 63.5 Å². The van der Waals surface area contributed by atoms with E-state index in [1.54, 1.807) is 0 Å². The minimum Gasteiger partial charge on any atom is -0.444 e. The van der Waals surface area contributed by atoms with Gasteiger partial charge in [-0.1, -0.05) is 24.3 Å². The van der Waals surface area contributed by atoms with Crippen molar-refractivity contribution in [1.29, 1.82) is 0 Å². The number of carbonyl (C=O) groups excluding carboxylic acids is 1. The zero-order valence-electron chi connectivity index (χ0n) is 15.7. The molecule has 4 nitrogen and oxygen atoms in total. The maximum Gasteiger partial charge on any atom is 0.410 e. The van der Waals surface area contributed by atoms with E-state index in [0.717, 1.165) is 38.4 Å². The summed E-state index contributed by atoms with van der Waals surface area (Å²) in [7, 11) is 0. The number of benzene rings is 1. The highest BCUT2D eigenvalue weighted by Gasteiger charge is 2.47. The molecule has 136 valence electrons. The summed E-state index contributed by atoms with van der Waals surface area (Å²) in [5.74, 6) is 0.739. The number of piperidine rings is 1. The Bertz CT molecular complexity index is 656. The predicted octanol–water partition coefficient (Wildman–Crippen LogP) is 4.01. The largest absolute Gasteiger partial charge is 0.444 e. The summed E-state index contributed by atoms with van der Waals surface area (Å²) < 4.78 is 5.57. The summed E-state index contributed by atoms with van der Waals surface area (Å²) in [5, 5.41) is 3.70. The second-order valence-electron chi connectivity index (χ2n) is 9.02. The first-order valence-corrected chi connectivity index (χ1v) is 9.69. The number of nitrogens with zero attached hydrogens (tertiary/aromatic N) is 1. The molecule has 4 rings (SSSR count). The molecule has 3 aliphatic rings. The summed E-state index contributed by atoms with van der Waals surface area (Å²) in [5.41, 5.74) is 2.84. The lowest BCUT2D eigenvalue weighted by molar-refractivity contribution is 0.0141. The second kappa shape index (κ2) is 6.01. The average Bonchev–Trinajstić information content (AvgIpc) is 3.02. The molecule has 2 fully saturated rings. The molecule has 1 aromatic rings. The molecule has 0 aromatic heterocycles. The Morgan fingerprint density at radius 1 is 1.24 bits per heavy atom. The van der Waals surface area contributed by atoms with Crippen LogP contribution in [0.25, 0.3) is 0 Å². The predicted molar refractivity (Wildman–Crippen MR) is 98.6 cm³/mol. The molecule has 1 N–H and O–H groups in total. The van der Waals surface area contributed by atoms with Gasteiger partial charge in [0.1, 0.15) is 5.60 Å². The molecule has 1 amide bonds. The number of ether oxygens (including phenoxy) is 1. The highest BCUT2D eigenvalue weighted by Crippen LogP contribution is 2.52. The summed E-state index contributed by atoms with van der Waals surface area (Å²) >= 11 is 0. The minimum atomic E-state index is -0.424. The van der Waals surface area contributed by atoms with Crippen molar-refractivity contribution >= 4 is 6.09 Å². The molecule has 25 heavy (non-hydrogen) atoms. The summed E-state index contributed by atoms with van der Waals surface area (Å²) in [6.45, 7) is 8.52. The van der Waals surface area contributed by atoms with Crippen molar-refractivity contribution in [2.24, 2.45) is 5.92 Å². The molecule has 0 bridgehead atoms. The fraction of sp³-hybridized carbons (Fsp3) is 0.667. The van der Waals surface area contributed by atoms with Crippen molar-refractivity contribution in [3.63, 3.8) is 0 Å². The molecule has 0 saturated carbocycles. The maximum atomic E-state index is 12.4. The molecule has 2 heterocycles. The monoisotopic (exact) mass is 342 g/mol. The van der Waals surface area contributed by atoms with Crippen LogP contribution in [0.1, 0.15) is 63.6 Å². The number of carbonyl (C=O) groups is 1. The van der Waals surface area contributed by atoms with Crippen molar-refractivity contribution in [1.82, 2.24) is 10.2 Å². The number of nitrogens with one attached hydrogen (secondary N) is 1. The van der Waals surface area contributed by atoms with Crippen LogP contribution in [0.5, 0.6) is 0 Å². The van der Waals surface area contributed by atoms with Gasteiger partial charge in [-0.3, -0.25) is 0 Å². The average molecular weight is 342 g/mol. The van der Waals surface area contributed by atoms with Gasteiger partial charge in [-0.05, 0) is 75.5 Å². The molecule has 1 spiro atoms. The van der Waals surface area contributed by atoms with E-state index in [2.05, 4.69) is 29.6 Å². The Hall–Kier alpha value is -1.55. The fourth-order valence-electron chi connectivity index (χ4n) is 5.12. The molecule has 2 saturated heterocycles. The first-order valence-electron chi connectivity index (χ1n) is 9.69. The van der Waals surface area contributed by atoms with Gasteiger partial charge in [0.15, 0.2) is 0 Å². The van der Waals surface area contributed by atoms with Crippen LogP contribution in [-0.2, 0) is 10.2 Å². The van der Waals surface area contributed by atoms with Crippen LogP contribution in [0.3, 0.4) is 0 Å².